The average molecular weight is 426 g/mol. The topological polar surface area (TPSA) is 113 Å². The summed E-state index contributed by atoms with van der Waals surface area (Å²) in [6.07, 6.45) is 2.76. The molecule has 0 radical (unpaired) electrons. The molecule has 0 saturated carbocycles. The maximum absolute atomic E-state index is 13.1. The molecule has 0 bridgehead atoms. The number of rotatable bonds is 5. The van der Waals surface area contributed by atoms with Crippen molar-refractivity contribution in [2.75, 3.05) is 10.6 Å². The number of benzene rings is 2. The standard InChI is InChI=1S/C24H22N6O2/c1-14-4-7-17(8-5-14)27-23(31)21-22(26-11-10-25-21)24(32)28-19-9-6-15(2)12-18(19)20-13-16(3)29-30-20/h4-13H,1-3H3,(H,27,31)(H,28,32)(H,29,30). The van der Waals surface area contributed by atoms with E-state index in [-0.39, 0.29) is 11.4 Å². The number of H-pyrrole nitrogens is 1. The van der Waals surface area contributed by atoms with E-state index in [1.54, 1.807) is 18.2 Å². The minimum absolute atomic E-state index is 0.0603. The first-order valence-electron chi connectivity index (χ1n) is 10.0. The van der Waals surface area contributed by atoms with E-state index < -0.39 is 11.8 Å². The molecule has 32 heavy (non-hydrogen) atoms. The molecule has 0 aliphatic heterocycles. The molecule has 3 N–H and O–H groups in total. The van der Waals surface area contributed by atoms with Gasteiger partial charge in [0.1, 0.15) is 0 Å². The Bertz CT molecular complexity index is 1290. The van der Waals surface area contributed by atoms with E-state index in [2.05, 4.69) is 30.8 Å². The second kappa shape index (κ2) is 8.81. The Hall–Kier alpha value is -4.33. The van der Waals surface area contributed by atoms with Crippen LogP contribution in [-0.4, -0.2) is 32.0 Å². The molecule has 160 valence electrons. The fourth-order valence-electron chi connectivity index (χ4n) is 3.21. The zero-order chi connectivity index (χ0) is 22.7. The maximum Gasteiger partial charge on any atom is 0.276 e. The van der Waals surface area contributed by atoms with Crippen LogP contribution in [0, 0.1) is 20.8 Å². The highest BCUT2D eigenvalue weighted by Gasteiger charge is 2.21. The third-order valence-corrected chi connectivity index (χ3v) is 4.84. The minimum atomic E-state index is -0.537. The average Bonchev–Trinajstić information content (AvgIpc) is 3.22. The van der Waals surface area contributed by atoms with Gasteiger partial charge in [0.05, 0.1) is 11.4 Å². The largest absolute Gasteiger partial charge is 0.321 e. The predicted octanol–water partition coefficient (Wildman–Crippen LogP) is 4.30. The molecule has 0 unspecified atom stereocenters. The van der Waals surface area contributed by atoms with E-state index in [0.29, 0.717) is 17.1 Å². The van der Waals surface area contributed by atoms with Crippen LogP contribution in [0.1, 0.15) is 37.8 Å². The van der Waals surface area contributed by atoms with Gasteiger partial charge >= 0.3 is 0 Å². The van der Waals surface area contributed by atoms with Gasteiger partial charge in [-0.3, -0.25) is 14.7 Å². The van der Waals surface area contributed by atoms with Crippen LogP contribution in [-0.2, 0) is 0 Å². The quantitative estimate of drug-likeness (QED) is 0.440. The summed E-state index contributed by atoms with van der Waals surface area (Å²) in [4.78, 5) is 34.1. The summed E-state index contributed by atoms with van der Waals surface area (Å²) in [5.41, 5.74) is 5.50. The molecule has 0 aliphatic carbocycles. The maximum atomic E-state index is 13.1. The minimum Gasteiger partial charge on any atom is -0.321 e. The zero-order valence-corrected chi connectivity index (χ0v) is 17.9. The summed E-state index contributed by atoms with van der Waals surface area (Å²) in [6.45, 7) is 5.83. The number of hydrogen-bond acceptors (Lipinski definition) is 5. The molecule has 2 aromatic heterocycles. The molecule has 2 aromatic carbocycles. The Morgan fingerprint density at radius 1 is 0.781 bits per heavy atom. The van der Waals surface area contributed by atoms with Crippen LogP contribution in [0.15, 0.2) is 60.9 Å². The normalized spacial score (nSPS) is 10.6. The van der Waals surface area contributed by atoms with Gasteiger partial charge in [0.2, 0.25) is 0 Å². The van der Waals surface area contributed by atoms with E-state index in [4.69, 9.17) is 0 Å². The summed E-state index contributed by atoms with van der Waals surface area (Å²) < 4.78 is 0. The molecule has 2 amide bonds. The number of aromatic nitrogens is 4. The van der Waals surface area contributed by atoms with E-state index in [1.165, 1.54) is 12.4 Å². The first kappa shape index (κ1) is 20.9. The summed E-state index contributed by atoms with van der Waals surface area (Å²) in [5.74, 6) is -1.05. The van der Waals surface area contributed by atoms with E-state index >= 15 is 0 Å². The lowest BCUT2D eigenvalue weighted by Crippen LogP contribution is -2.23. The van der Waals surface area contributed by atoms with Crippen molar-refractivity contribution in [2.45, 2.75) is 20.8 Å². The van der Waals surface area contributed by atoms with Gasteiger partial charge in [-0.2, -0.15) is 5.10 Å². The smallest absolute Gasteiger partial charge is 0.276 e. The van der Waals surface area contributed by atoms with Gasteiger partial charge in [-0.15, -0.1) is 0 Å². The summed E-state index contributed by atoms with van der Waals surface area (Å²) in [7, 11) is 0. The fraction of sp³-hybridized carbons (Fsp3) is 0.125. The van der Waals surface area contributed by atoms with Crippen molar-refractivity contribution in [1.82, 2.24) is 20.2 Å². The first-order chi connectivity index (χ1) is 15.4. The van der Waals surface area contributed by atoms with Gasteiger partial charge in [-0.05, 0) is 51.1 Å². The molecule has 8 nitrogen and oxygen atoms in total. The Morgan fingerprint density at radius 3 is 2.03 bits per heavy atom. The highest BCUT2D eigenvalue weighted by molar-refractivity contribution is 6.13. The molecular weight excluding hydrogens is 404 g/mol. The number of nitrogens with zero attached hydrogens (tertiary/aromatic N) is 3. The van der Waals surface area contributed by atoms with Crippen LogP contribution in [0.4, 0.5) is 11.4 Å². The molecule has 0 atom stereocenters. The number of nitrogens with one attached hydrogen (secondary N) is 3. The molecule has 2 heterocycles. The van der Waals surface area contributed by atoms with Crippen molar-refractivity contribution in [2.24, 2.45) is 0 Å². The fourth-order valence-corrected chi connectivity index (χ4v) is 3.21. The van der Waals surface area contributed by atoms with Gasteiger partial charge in [-0.25, -0.2) is 9.97 Å². The molecule has 4 aromatic rings. The van der Waals surface area contributed by atoms with Crippen molar-refractivity contribution in [3.63, 3.8) is 0 Å². The van der Waals surface area contributed by atoms with Gasteiger partial charge in [-0.1, -0.05) is 29.3 Å². The van der Waals surface area contributed by atoms with Gasteiger partial charge in [0.25, 0.3) is 11.8 Å². The number of anilines is 2. The first-order valence-corrected chi connectivity index (χ1v) is 10.0. The number of carbonyl (C=O) groups excluding carboxylic acids is 2. The Balaban J connectivity index is 1.61. The monoisotopic (exact) mass is 426 g/mol. The highest BCUT2D eigenvalue weighted by atomic mass is 16.2. The van der Waals surface area contributed by atoms with Crippen molar-refractivity contribution < 1.29 is 9.59 Å². The molecule has 0 saturated heterocycles. The van der Waals surface area contributed by atoms with E-state index in [9.17, 15) is 9.59 Å². The molecule has 0 spiro atoms. The molecule has 0 fully saturated rings. The van der Waals surface area contributed by atoms with Gasteiger partial charge < -0.3 is 10.6 Å². The lowest BCUT2D eigenvalue weighted by molar-refractivity contribution is 0.0983. The lowest BCUT2D eigenvalue weighted by Gasteiger charge is -2.12. The second-order valence-corrected chi connectivity index (χ2v) is 7.51. The van der Waals surface area contributed by atoms with Crippen LogP contribution in [0.25, 0.3) is 11.3 Å². The SMILES string of the molecule is Cc1ccc(NC(=O)c2nccnc2C(=O)Nc2ccc(C)cc2-c2cc(C)[nH]n2)cc1. The number of hydrogen-bond donors (Lipinski definition) is 3. The van der Waals surface area contributed by atoms with E-state index in [1.807, 2.05) is 51.1 Å². The zero-order valence-electron chi connectivity index (χ0n) is 17.9. The number of aromatic amines is 1. The van der Waals surface area contributed by atoms with Crippen LogP contribution >= 0.6 is 0 Å². The number of aryl methyl sites for hydroxylation is 3. The summed E-state index contributed by atoms with van der Waals surface area (Å²) in [5, 5.41) is 12.8. The third-order valence-electron chi connectivity index (χ3n) is 4.84. The van der Waals surface area contributed by atoms with Gasteiger partial charge in [0, 0.05) is 29.3 Å². The van der Waals surface area contributed by atoms with Crippen molar-refractivity contribution in [3.05, 3.63) is 89.1 Å². The van der Waals surface area contributed by atoms with Crippen LogP contribution < -0.4 is 10.6 Å². The highest BCUT2D eigenvalue weighted by Crippen LogP contribution is 2.28. The van der Waals surface area contributed by atoms with Crippen LogP contribution in [0.3, 0.4) is 0 Å². The van der Waals surface area contributed by atoms with Gasteiger partial charge in [0.15, 0.2) is 11.4 Å². The second-order valence-electron chi connectivity index (χ2n) is 7.51. The predicted molar refractivity (Wildman–Crippen MR) is 123 cm³/mol. The summed E-state index contributed by atoms with van der Waals surface area (Å²) in [6, 6.07) is 14.9. The van der Waals surface area contributed by atoms with E-state index in [0.717, 1.165) is 22.4 Å². The van der Waals surface area contributed by atoms with Crippen LogP contribution in [0.5, 0.6) is 0 Å². The molecule has 0 aliphatic rings. The molecular formula is C24H22N6O2. The van der Waals surface area contributed by atoms with Crippen LogP contribution in [0.2, 0.25) is 0 Å². The van der Waals surface area contributed by atoms with Crippen molar-refractivity contribution >= 4 is 23.2 Å². The Labute approximate surface area is 185 Å². The lowest BCUT2D eigenvalue weighted by atomic mass is 10.1. The Kier molecular flexibility index (Phi) is 5.76. The number of amides is 2. The molecule has 4 rings (SSSR count). The number of carbonyl (C=O) groups is 2. The van der Waals surface area contributed by atoms with Crippen molar-refractivity contribution in [1.29, 1.82) is 0 Å². The summed E-state index contributed by atoms with van der Waals surface area (Å²) >= 11 is 0. The molecule has 8 heteroatoms. The van der Waals surface area contributed by atoms with Crippen molar-refractivity contribution in [3.8, 4) is 11.3 Å². The third kappa shape index (κ3) is 4.54. The Morgan fingerprint density at radius 2 is 1.41 bits per heavy atom.